The monoisotopic (exact) mass is 284 g/mol. The van der Waals surface area contributed by atoms with Gasteiger partial charge in [-0.1, -0.05) is 30.7 Å². The minimum atomic E-state index is -0.308. The first-order valence-corrected chi connectivity index (χ1v) is 6.98. The molecule has 0 fully saturated rings. The summed E-state index contributed by atoms with van der Waals surface area (Å²) in [6, 6.07) is 7.67. The molecular formula is C16H20N4O. The zero-order valence-electron chi connectivity index (χ0n) is 12.6. The van der Waals surface area contributed by atoms with Gasteiger partial charge in [-0.05, 0) is 31.9 Å². The van der Waals surface area contributed by atoms with Crippen molar-refractivity contribution in [2.75, 3.05) is 0 Å². The van der Waals surface area contributed by atoms with Crippen LogP contribution in [0.5, 0.6) is 0 Å². The Morgan fingerprint density at radius 2 is 2.05 bits per heavy atom. The average Bonchev–Trinajstić information content (AvgIpc) is 2.41. The Labute approximate surface area is 123 Å². The van der Waals surface area contributed by atoms with Gasteiger partial charge in [0.25, 0.3) is 5.56 Å². The summed E-state index contributed by atoms with van der Waals surface area (Å²) >= 11 is 0. The molecule has 1 aromatic carbocycles. The quantitative estimate of drug-likeness (QED) is 0.667. The summed E-state index contributed by atoms with van der Waals surface area (Å²) in [7, 11) is 0. The highest BCUT2D eigenvalue weighted by atomic mass is 16.1. The molecule has 110 valence electrons. The summed E-state index contributed by atoms with van der Waals surface area (Å²) in [5.74, 6) is -0.224. The van der Waals surface area contributed by atoms with Gasteiger partial charge in [0.2, 0.25) is 0 Å². The van der Waals surface area contributed by atoms with Gasteiger partial charge in [-0.25, -0.2) is 4.68 Å². The molecule has 0 aliphatic rings. The molecule has 5 nitrogen and oxygen atoms in total. The summed E-state index contributed by atoms with van der Waals surface area (Å²) in [5, 5.41) is 12.0. The Kier molecular flexibility index (Phi) is 4.21. The number of rotatable bonds is 4. The van der Waals surface area contributed by atoms with E-state index in [0.717, 1.165) is 17.5 Å². The van der Waals surface area contributed by atoms with Crippen molar-refractivity contribution in [2.45, 2.75) is 33.7 Å². The lowest BCUT2D eigenvalue weighted by Gasteiger charge is -2.11. The minimum Gasteiger partial charge on any atom is -0.384 e. The lowest BCUT2D eigenvalue weighted by atomic mass is 10.0. The highest BCUT2D eigenvalue weighted by Gasteiger charge is 2.13. The van der Waals surface area contributed by atoms with Crippen LogP contribution in [0.1, 0.15) is 30.0 Å². The van der Waals surface area contributed by atoms with E-state index in [1.165, 1.54) is 10.2 Å². The number of hydrogen-bond acceptors (Lipinski definition) is 3. The van der Waals surface area contributed by atoms with Gasteiger partial charge in [0.05, 0.1) is 11.3 Å². The minimum absolute atomic E-state index is 0.202. The molecule has 1 heterocycles. The molecule has 21 heavy (non-hydrogen) atoms. The predicted molar refractivity (Wildman–Crippen MR) is 84.7 cm³/mol. The summed E-state index contributed by atoms with van der Waals surface area (Å²) in [5.41, 5.74) is 9.30. The Morgan fingerprint density at radius 1 is 1.33 bits per heavy atom. The summed E-state index contributed by atoms with van der Waals surface area (Å²) in [4.78, 5) is 12.2. The fraction of sp³-hybridized carbons (Fsp3) is 0.312. The van der Waals surface area contributed by atoms with Crippen LogP contribution in [0.15, 0.2) is 29.1 Å². The Bertz CT molecular complexity index is 746. The van der Waals surface area contributed by atoms with E-state index in [1.807, 2.05) is 32.9 Å². The van der Waals surface area contributed by atoms with Crippen LogP contribution in [0.3, 0.4) is 0 Å². The molecule has 0 radical (unpaired) electrons. The van der Waals surface area contributed by atoms with Gasteiger partial charge in [0.1, 0.15) is 5.84 Å². The zero-order chi connectivity index (χ0) is 15.6. The molecule has 0 atom stereocenters. The third-order valence-electron chi connectivity index (χ3n) is 3.36. The van der Waals surface area contributed by atoms with Crippen molar-refractivity contribution in [3.63, 3.8) is 0 Å². The molecule has 3 N–H and O–H groups in total. The number of hydrogen-bond donors (Lipinski definition) is 2. The second-order valence-electron chi connectivity index (χ2n) is 5.20. The van der Waals surface area contributed by atoms with Crippen molar-refractivity contribution < 1.29 is 0 Å². The second kappa shape index (κ2) is 5.91. The molecule has 0 spiro atoms. The van der Waals surface area contributed by atoms with Crippen LogP contribution in [0, 0.1) is 19.3 Å². The fourth-order valence-electron chi connectivity index (χ4n) is 2.33. The molecule has 0 unspecified atom stereocenters. The van der Waals surface area contributed by atoms with Crippen molar-refractivity contribution in [1.82, 2.24) is 9.78 Å². The van der Waals surface area contributed by atoms with Crippen LogP contribution in [0.4, 0.5) is 0 Å². The number of aromatic nitrogens is 2. The number of nitrogens with two attached hydrogens (primary N) is 1. The van der Waals surface area contributed by atoms with Gasteiger partial charge in [0, 0.05) is 12.1 Å². The third kappa shape index (κ3) is 3.02. The van der Waals surface area contributed by atoms with E-state index in [9.17, 15) is 4.79 Å². The number of amidine groups is 1. The number of nitrogen functional groups attached to an aromatic ring is 1. The highest BCUT2D eigenvalue weighted by Crippen LogP contribution is 2.22. The first-order chi connectivity index (χ1) is 9.93. The zero-order valence-corrected chi connectivity index (χ0v) is 12.6. The lowest BCUT2D eigenvalue weighted by Crippen LogP contribution is -2.31. The molecule has 0 aliphatic heterocycles. The van der Waals surface area contributed by atoms with E-state index in [0.29, 0.717) is 12.2 Å². The average molecular weight is 284 g/mol. The van der Waals surface area contributed by atoms with Gasteiger partial charge in [-0.3, -0.25) is 10.2 Å². The van der Waals surface area contributed by atoms with Crippen LogP contribution in [-0.4, -0.2) is 15.6 Å². The molecule has 1 aromatic heterocycles. The number of nitrogens with one attached hydrogen (secondary N) is 1. The van der Waals surface area contributed by atoms with Crippen LogP contribution < -0.4 is 11.3 Å². The van der Waals surface area contributed by atoms with Crippen molar-refractivity contribution in [3.8, 4) is 11.3 Å². The highest BCUT2D eigenvalue weighted by molar-refractivity contribution is 5.95. The van der Waals surface area contributed by atoms with Crippen molar-refractivity contribution in [2.24, 2.45) is 5.73 Å². The van der Waals surface area contributed by atoms with Gasteiger partial charge >= 0.3 is 0 Å². The molecule has 5 heteroatoms. The molecule has 0 aliphatic carbocycles. The van der Waals surface area contributed by atoms with Gasteiger partial charge in [0.15, 0.2) is 0 Å². The Morgan fingerprint density at radius 3 is 2.62 bits per heavy atom. The third-order valence-corrected chi connectivity index (χ3v) is 3.36. The van der Waals surface area contributed by atoms with Crippen LogP contribution in [0.2, 0.25) is 0 Å². The van der Waals surface area contributed by atoms with E-state index in [1.54, 1.807) is 6.07 Å². The number of benzene rings is 1. The molecule has 0 amide bonds. The smallest absolute Gasteiger partial charge is 0.277 e. The van der Waals surface area contributed by atoms with Crippen LogP contribution in [-0.2, 0) is 6.54 Å². The maximum absolute atomic E-state index is 12.2. The molecular weight excluding hydrogens is 264 g/mol. The maximum atomic E-state index is 12.2. The largest absolute Gasteiger partial charge is 0.384 e. The summed E-state index contributed by atoms with van der Waals surface area (Å²) in [6.07, 6.45) is 0.792. The second-order valence-corrected chi connectivity index (χ2v) is 5.20. The molecule has 2 rings (SSSR count). The molecule has 2 aromatic rings. The maximum Gasteiger partial charge on any atom is 0.277 e. The van der Waals surface area contributed by atoms with Gasteiger partial charge < -0.3 is 5.73 Å². The Hall–Kier alpha value is -2.43. The molecule has 0 bridgehead atoms. The predicted octanol–water partition coefficient (Wildman–Crippen LogP) is 2.22. The summed E-state index contributed by atoms with van der Waals surface area (Å²) in [6.45, 7) is 6.53. The van der Waals surface area contributed by atoms with E-state index in [4.69, 9.17) is 11.1 Å². The van der Waals surface area contributed by atoms with E-state index < -0.39 is 0 Å². The topological polar surface area (TPSA) is 84.8 Å². The van der Waals surface area contributed by atoms with Gasteiger partial charge in [-0.15, -0.1) is 0 Å². The standard InChI is InChI=1S/C16H20N4O/c1-4-7-20-16(21)13(15(17)18)9-14(19-20)12-6-5-10(2)8-11(12)3/h5-6,8-9H,4,7H2,1-3H3,(H3,17,18). The summed E-state index contributed by atoms with van der Waals surface area (Å²) < 4.78 is 1.39. The van der Waals surface area contributed by atoms with E-state index >= 15 is 0 Å². The molecule has 0 saturated carbocycles. The van der Waals surface area contributed by atoms with E-state index in [2.05, 4.69) is 11.2 Å². The molecule has 0 saturated heterocycles. The lowest BCUT2D eigenvalue weighted by molar-refractivity contribution is 0.569. The van der Waals surface area contributed by atoms with Crippen LogP contribution in [0.25, 0.3) is 11.3 Å². The fourth-order valence-corrected chi connectivity index (χ4v) is 2.33. The Balaban J connectivity index is 2.68. The van der Waals surface area contributed by atoms with Crippen molar-refractivity contribution >= 4 is 5.84 Å². The van der Waals surface area contributed by atoms with Gasteiger partial charge in [-0.2, -0.15) is 5.10 Å². The number of aryl methyl sites for hydroxylation is 3. The normalized spacial score (nSPS) is 10.6. The first-order valence-electron chi connectivity index (χ1n) is 6.98. The first kappa shape index (κ1) is 15.0. The number of nitrogens with zero attached hydrogens (tertiary/aromatic N) is 2. The van der Waals surface area contributed by atoms with Crippen LogP contribution >= 0.6 is 0 Å². The SMILES string of the molecule is CCCn1nc(-c2ccc(C)cc2C)cc(C(=N)N)c1=O. The van der Waals surface area contributed by atoms with Crippen molar-refractivity contribution in [3.05, 3.63) is 51.3 Å². The van der Waals surface area contributed by atoms with E-state index in [-0.39, 0.29) is 17.0 Å². The van der Waals surface area contributed by atoms with Crippen molar-refractivity contribution in [1.29, 1.82) is 5.41 Å².